The Balaban J connectivity index is 2.22. The molecule has 0 aliphatic heterocycles. The van der Waals surface area contributed by atoms with E-state index in [1.165, 1.54) is 0 Å². The molecule has 0 heterocycles. The Morgan fingerprint density at radius 1 is 1.04 bits per heavy atom. The van der Waals surface area contributed by atoms with Gasteiger partial charge in [0.25, 0.3) is 0 Å². The van der Waals surface area contributed by atoms with E-state index in [9.17, 15) is 4.79 Å². The molecule has 0 aliphatic rings. The second-order valence-electron chi connectivity index (χ2n) is 6.04. The van der Waals surface area contributed by atoms with Gasteiger partial charge >= 0.3 is 0 Å². The molecular weight excluding hydrogens is 296 g/mol. The van der Waals surface area contributed by atoms with E-state index in [0.717, 1.165) is 11.1 Å². The zero-order valence-corrected chi connectivity index (χ0v) is 14.4. The van der Waals surface area contributed by atoms with Crippen LogP contribution in [0.4, 0.5) is 0 Å². The number of carbonyl (C=O) groups excluding carboxylic acids is 1. The molecule has 1 atom stereocenters. The molecule has 2 rings (SSSR count). The second kappa shape index (κ2) is 8.88. The molecule has 0 aliphatic carbocycles. The average molecular weight is 320 g/mol. The summed E-state index contributed by atoms with van der Waals surface area (Å²) in [7, 11) is 0. The number of hydrogen-bond donors (Lipinski definition) is 0. The number of nitriles is 1. The molecule has 0 N–H and O–H groups in total. The van der Waals surface area contributed by atoms with Crippen molar-refractivity contribution >= 4 is 5.91 Å². The maximum absolute atomic E-state index is 12.8. The van der Waals surface area contributed by atoms with Crippen molar-refractivity contribution in [1.29, 1.82) is 5.26 Å². The Bertz CT molecular complexity index is 636. The van der Waals surface area contributed by atoms with Crippen LogP contribution in [0.15, 0.2) is 60.7 Å². The monoisotopic (exact) mass is 320 g/mol. The third kappa shape index (κ3) is 4.70. The average Bonchev–Trinajstić information content (AvgIpc) is 2.65. The van der Waals surface area contributed by atoms with Crippen molar-refractivity contribution in [1.82, 2.24) is 4.90 Å². The molecule has 2 aromatic rings. The van der Waals surface area contributed by atoms with E-state index in [2.05, 4.69) is 30.3 Å². The van der Waals surface area contributed by atoms with Crippen molar-refractivity contribution in [3.8, 4) is 6.07 Å². The number of benzene rings is 2. The van der Waals surface area contributed by atoms with Crippen molar-refractivity contribution in [2.45, 2.75) is 26.2 Å². The van der Waals surface area contributed by atoms with E-state index in [-0.39, 0.29) is 17.7 Å². The summed E-state index contributed by atoms with van der Waals surface area (Å²) in [5, 5.41) is 9.01. The highest BCUT2D eigenvalue weighted by Crippen LogP contribution is 2.28. The first-order valence-electron chi connectivity index (χ1n) is 8.43. The Hall–Kier alpha value is -2.60. The lowest BCUT2D eigenvalue weighted by Gasteiger charge is -2.25. The van der Waals surface area contributed by atoms with Gasteiger partial charge in [-0.2, -0.15) is 5.26 Å². The Morgan fingerprint density at radius 3 is 1.96 bits per heavy atom. The molecule has 0 bridgehead atoms. The first kappa shape index (κ1) is 17.7. The highest BCUT2D eigenvalue weighted by atomic mass is 16.2. The van der Waals surface area contributed by atoms with Crippen LogP contribution in [0, 0.1) is 17.2 Å². The van der Waals surface area contributed by atoms with Crippen molar-refractivity contribution in [2.75, 3.05) is 13.1 Å². The Labute approximate surface area is 144 Å². The minimum atomic E-state index is -0.152. The van der Waals surface area contributed by atoms with E-state index < -0.39 is 0 Å². The van der Waals surface area contributed by atoms with Crippen molar-refractivity contribution in [2.24, 2.45) is 5.92 Å². The quantitative estimate of drug-likeness (QED) is 0.767. The molecular formula is C21H24N2O. The lowest BCUT2D eigenvalue weighted by atomic mass is 9.88. The van der Waals surface area contributed by atoms with E-state index >= 15 is 0 Å². The van der Waals surface area contributed by atoms with Gasteiger partial charge in [-0.3, -0.25) is 4.79 Å². The van der Waals surface area contributed by atoms with Crippen LogP contribution in [0.25, 0.3) is 0 Å². The standard InChI is InChI=1S/C21H24N2O/c1-3-23(16-17(2)15-22)21(24)14-20(18-10-6-4-7-11-18)19-12-8-5-9-13-19/h4-13,17,20H,3,14,16H2,1-2H3. The predicted octanol–water partition coefficient (Wildman–Crippen LogP) is 4.22. The fourth-order valence-electron chi connectivity index (χ4n) is 2.88. The Morgan fingerprint density at radius 2 is 1.54 bits per heavy atom. The molecule has 3 nitrogen and oxygen atoms in total. The number of amides is 1. The second-order valence-corrected chi connectivity index (χ2v) is 6.04. The van der Waals surface area contributed by atoms with Gasteiger partial charge in [0.15, 0.2) is 0 Å². The zero-order valence-electron chi connectivity index (χ0n) is 14.4. The van der Waals surface area contributed by atoms with Gasteiger partial charge in [0.05, 0.1) is 12.0 Å². The summed E-state index contributed by atoms with van der Waals surface area (Å²) >= 11 is 0. The van der Waals surface area contributed by atoms with Gasteiger partial charge in [0.2, 0.25) is 5.91 Å². The summed E-state index contributed by atoms with van der Waals surface area (Å²) < 4.78 is 0. The highest BCUT2D eigenvalue weighted by Gasteiger charge is 2.22. The third-order valence-electron chi connectivity index (χ3n) is 4.23. The molecule has 0 saturated carbocycles. The van der Waals surface area contributed by atoms with Crippen LogP contribution in [0.3, 0.4) is 0 Å². The summed E-state index contributed by atoms with van der Waals surface area (Å²) in [6.07, 6.45) is 0.417. The normalized spacial score (nSPS) is 11.8. The minimum Gasteiger partial charge on any atom is -0.342 e. The van der Waals surface area contributed by atoms with Gasteiger partial charge in [0, 0.05) is 25.4 Å². The molecule has 0 saturated heterocycles. The van der Waals surface area contributed by atoms with E-state index in [1.54, 1.807) is 4.90 Å². The molecule has 0 spiro atoms. The lowest BCUT2D eigenvalue weighted by molar-refractivity contribution is -0.131. The van der Waals surface area contributed by atoms with Gasteiger partial charge in [-0.05, 0) is 25.0 Å². The summed E-state index contributed by atoms with van der Waals surface area (Å²) in [5.74, 6) is -0.0237. The molecule has 2 aromatic carbocycles. The van der Waals surface area contributed by atoms with Gasteiger partial charge in [0.1, 0.15) is 0 Å². The maximum Gasteiger partial charge on any atom is 0.223 e. The molecule has 0 fully saturated rings. The fourth-order valence-corrected chi connectivity index (χ4v) is 2.88. The third-order valence-corrected chi connectivity index (χ3v) is 4.23. The van der Waals surface area contributed by atoms with Crippen LogP contribution < -0.4 is 0 Å². The van der Waals surface area contributed by atoms with Crippen LogP contribution >= 0.6 is 0 Å². The largest absolute Gasteiger partial charge is 0.342 e. The maximum atomic E-state index is 12.8. The number of carbonyl (C=O) groups is 1. The van der Waals surface area contributed by atoms with Crippen molar-refractivity contribution in [3.05, 3.63) is 71.8 Å². The smallest absolute Gasteiger partial charge is 0.223 e. The molecule has 0 radical (unpaired) electrons. The molecule has 1 unspecified atom stereocenters. The summed E-state index contributed by atoms with van der Waals surface area (Å²) in [4.78, 5) is 14.6. The Kier molecular flexibility index (Phi) is 6.57. The van der Waals surface area contributed by atoms with Crippen LogP contribution in [-0.4, -0.2) is 23.9 Å². The van der Waals surface area contributed by atoms with Gasteiger partial charge in [-0.25, -0.2) is 0 Å². The first-order valence-corrected chi connectivity index (χ1v) is 8.43. The predicted molar refractivity (Wildman–Crippen MR) is 96.4 cm³/mol. The molecule has 124 valence electrons. The number of rotatable bonds is 7. The van der Waals surface area contributed by atoms with E-state index in [0.29, 0.717) is 19.5 Å². The molecule has 24 heavy (non-hydrogen) atoms. The van der Waals surface area contributed by atoms with Crippen molar-refractivity contribution < 1.29 is 4.79 Å². The van der Waals surface area contributed by atoms with E-state index in [4.69, 9.17) is 5.26 Å². The number of nitrogens with zero attached hydrogens (tertiary/aromatic N) is 2. The topological polar surface area (TPSA) is 44.1 Å². The first-order chi connectivity index (χ1) is 11.7. The van der Waals surface area contributed by atoms with Gasteiger partial charge < -0.3 is 4.90 Å². The van der Waals surface area contributed by atoms with Crippen LogP contribution in [0.5, 0.6) is 0 Å². The lowest BCUT2D eigenvalue weighted by Crippen LogP contribution is -2.35. The van der Waals surface area contributed by atoms with Crippen LogP contribution in [-0.2, 0) is 4.79 Å². The van der Waals surface area contributed by atoms with Gasteiger partial charge in [-0.15, -0.1) is 0 Å². The summed E-state index contributed by atoms with van der Waals surface area (Å²) in [5.41, 5.74) is 2.28. The highest BCUT2D eigenvalue weighted by molar-refractivity contribution is 5.77. The summed E-state index contributed by atoms with van der Waals surface area (Å²) in [6.45, 7) is 4.92. The zero-order chi connectivity index (χ0) is 17.4. The molecule has 1 amide bonds. The molecule has 0 aromatic heterocycles. The summed E-state index contributed by atoms with van der Waals surface area (Å²) in [6, 6.07) is 22.5. The van der Waals surface area contributed by atoms with E-state index in [1.807, 2.05) is 50.2 Å². The fraction of sp³-hybridized carbons (Fsp3) is 0.333. The number of hydrogen-bond acceptors (Lipinski definition) is 2. The molecule has 3 heteroatoms. The van der Waals surface area contributed by atoms with Crippen LogP contribution in [0.2, 0.25) is 0 Å². The SMILES string of the molecule is CCN(CC(C)C#N)C(=O)CC(c1ccccc1)c1ccccc1. The minimum absolute atomic E-state index is 0.0336. The van der Waals surface area contributed by atoms with Gasteiger partial charge in [-0.1, -0.05) is 60.7 Å². The van der Waals surface area contributed by atoms with Crippen LogP contribution in [0.1, 0.15) is 37.3 Å². The van der Waals surface area contributed by atoms with Crippen molar-refractivity contribution in [3.63, 3.8) is 0 Å².